The summed E-state index contributed by atoms with van der Waals surface area (Å²) < 4.78 is 7.20. The van der Waals surface area contributed by atoms with E-state index >= 15 is 0 Å². The lowest BCUT2D eigenvalue weighted by Gasteiger charge is -2.27. The number of carbonyl (C=O) groups is 1. The first-order valence-electron chi connectivity index (χ1n) is 7.64. The Morgan fingerprint density at radius 2 is 2.30 bits per heavy atom. The number of nitrogens with zero attached hydrogens (tertiary/aromatic N) is 2. The SMILES string of the molecule is Cc1cccc2c1OCC(NC(=O)CCn1cnccc1=O)C2. The normalized spacial score (nSPS) is 16.3. The smallest absolute Gasteiger partial charge is 0.253 e. The van der Waals surface area contributed by atoms with Crippen molar-refractivity contribution in [3.8, 4) is 5.75 Å². The zero-order chi connectivity index (χ0) is 16.2. The Balaban J connectivity index is 1.55. The average Bonchev–Trinajstić information content (AvgIpc) is 2.54. The maximum atomic E-state index is 12.1. The third-order valence-electron chi connectivity index (χ3n) is 3.93. The fourth-order valence-corrected chi connectivity index (χ4v) is 2.75. The standard InChI is InChI=1S/C17H19N3O3/c1-12-3-2-4-13-9-14(10-23-17(12)13)19-15(21)6-8-20-11-18-7-5-16(20)22/h2-5,7,11,14H,6,8-10H2,1H3,(H,19,21). The summed E-state index contributed by atoms with van der Waals surface area (Å²) >= 11 is 0. The summed E-state index contributed by atoms with van der Waals surface area (Å²) in [6.07, 6.45) is 3.88. The van der Waals surface area contributed by atoms with Crippen molar-refractivity contribution in [1.82, 2.24) is 14.9 Å². The van der Waals surface area contributed by atoms with Gasteiger partial charge in [-0.15, -0.1) is 0 Å². The van der Waals surface area contributed by atoms with E-state index < -0.39 is 0 Å². The number of hydrogen-bond donors (Lipinski definition) is 1. The lowest BCUT2D eigenvalue weighted by atomic mass is 10.00. The molecular formula is C17H19N3O3. The molecule has 1 aromatic heterocycles. The Bertz CT molecular complexity index is 770. The van der Waals surface area contributed by atoms with E-state index in [1.807, 2.05) is 25.1 Å². The highest BCUT2D eigenvalue weighted by Crippen LogP contribution is 2.28. The van der Waals surface area contributed by atoms with Gasteiger partial charge in [-0.1, -0.05) is 18.2 Å². The van der Waals surface area contributed by atoms with Crippen LogP contribution in [0.15, 0.2) is 41.6 Å². The third-order valence-corrected chi connectivity index (χ3v) is 3.93. The molecule has 0 saturated heterocycles. The van der Waals surface area contributed by atoms with Crippen LogP contribution in [0, 0.1) is 6.92 Å². The van der Waals surface area contributed by atoms with Gasteiger partial charge in [0, 0.05) is 25.2 Å². The molecule has 0 spiro atoms. The lowest BCUT2D eigenvalue weighted by molar-refractivity contribution is -0.122. The molecule has 1 amide bonds. The molecule has 1 unspecified atom stereocenters. The fourth-order valence-electron chi connectivity index (χ4n) is 2.75. The van der Waals surface area contributed by atoms with Gasteiger partial charge in [0.1, 0.15) is 12.4 Å². The minimum atomic E-state index is -0.154. The molecule has 1 aromatic carbocycles. The van der Waals surface area contributed by atoms with E-state index in [0.717, 1.165) is 23.3 Å². The molecule has 120 valence electrons. The van der Waals surface area contributed by atoms with Crippen LogP contribution in [0.2, 0.25) is 0 Å². The van der Waals surface area contributed by atoms with Crippen LogP contribution >= 0.6 is 0 Å². The number of amides is 1. The predicted octanol–water partition coefficient (Wildman–Crippen LogP) is 1.06. The highest BCUT2D eigenvalue weighted by atomic mass is 16.5. The Kier molecular flexibility index (Phi) is 4.41. The molecule has 0 radical (unpaired) electrons. The largest absolute Gasteiger partial charge is 0.491 e. The molecule has 3 rings (SSSR count). The Morgan fingerprint density at radius 3 is 3.13 bits per heavy atom. The summed E-state index contributed by atoms with van der Waals surface area (Å²) in [5, 5.41) is 2.97. The Labute approximate surface area is 134 Å². The van der Waals surface area contributed by atoms with Gasteiger partial charge >= 0.3 is 0 Å². The summed E-state index contributed by atoms with van der Waals surface area (Å²) in [5.41, 5.74) is 2.08. The molecule has 2 heterocycles. The second-order valence-electron chi connectivity index (χ2n) is 5.70. The molecule has 1 aliphatic rings. The molecule has 6 heteroatoms. The van der Waals surface area contributed by atoms with Crippen molar-refractivity contribution in [2.75, 3.05) is 6.61 Å². The number of nitrogens with one attached hydrogen (secondary N) is 1. The van der Waals surface area contributed by atoms with Gasteiger partial charge in [0.25, 0.3) is 5.56 Å². The summed E-state index contributed by atoms with van der Waals surface area (Å²) in [6.45, 7) is 2.81. The van der Waals surface area contributed by atoms with Gasteiger partial charge < -0.3 is 10.1 Å². The van der Waals surface area contributed by atoms with Crippen molar-refractivity contribution in [1.29, 1.82) is 0 Å². The van der Waals surface area contributed by atoms with Crippen molar-refractivity contribution >= 4 is 5.91 Å². The Morgan fingerprint density at radius 1 is 1.43 bits per heavy atom. The molecule has 0 aliphatic carbocycles. The number of para-hydroxylation sites is 1. The van der Waals surface area contributed by atoms with Crippen molar-refractivity contribution in [3.05, 3.63) is 58.3 Å². The van der Waals surface area contributed by atoms with Gasteiger partial charge in [-0.05, 0) is 24.5 Å². The fraction of sp³-hybridized carbons (Fsp3) is 0.353. The second kappa shape index (κ2) is 6.64. The minimum Gasteiger partial charge on any atom is -0.491 e. The summed E-state index contributed by atoms with van der Waals surface area (Å²) in [4.78, 5) is 27.5. The van der Waals surface area contributed by atoms with Crippen molar-refractivity contribution < 1.29 is 9.53 Å². The van der Waals surface area contributed by atoms with Crippen molar-refractivity contribution in [3.63, 3.8) is 0 Å². The molecular weight excluding hydrogens is 294 g/mol. The maximum Gasteiger partial charge on any atom is 0.253 e. The van der Waals surface area contributed by atoms with E-state index in [1.165, 1.54) is 23.2 Å². The zero-order valence-electron chi connectivity index (χ0n) is 13.0. The van der Waals surface area contributed by atoms with E-state index in [4.69, 9.17) is 4.74 Å². The van der Waals surface area contributed by atoms with Crippen molar-refractivity contribution in [2.45, 2.75) is 32.4 Å². The number of rotatable bonds is 4. The van der Waals surface area contributed by atoms with E-state index in [1.54, 1.807) is 0 Å². The molecule has 1 aliphatic heterocycles. The second-order valence-corrected chi connectivity index (χ2v) is 5.70. The number of carbonyl (C=O) groups excluding carboxylic acids is 1. The van der Waals surface area contributed by atoms with E-state index in [9.17, 15) is 9.59 Å². The van der Waals surface area contributed by atoms with E-state index in [0.29, 0.717) is 13.2 Å². The average molecular weight is 313 g/mol. The number of hydrogen-bond acceptors (Lipinski definition) is 4. The first-order chi connectivity index (χ1) is 11.1. The molecule has 2 aromatic rings. The first kappa shape index (κ1) is 15.3. The van der Waals surface area contributed by atoms with Crippen molar-refractivity contribution in [2.24, 2.45) is 0 Å². The third kappa shape index (κ3) is 3.59. The molecule has 23 heavy (non-hydrogen) atoms. The molecule has 6 nitrogen and oxygen atoms in total. The van der Waals surface area contributed by atoms with Gasteiger partial charge in [0.2, 0.25) is 5.91 Å². The van der Waals surface area contributed by atoms with Gasteiger partial charge in [0.05, 0.1) is 12.4 Å². The van der Waals surface area contributed by atoms with Crippen LogP contribution in [0.3, 0.4) is 0 Å². The highest BCUT2D eigenvalue weighted by molar-refractivity contribution is 5.76. The van der Waals surface area contributed by atoms with Gasteiger partial charge in [0.15, 0.2) is 0 Å². The summed E-state index contributed by atoms with van der Waals surface area (Å²) in [7, 11) is 0. The maximum absolute atomic E-state index is 12.1. The number of aryl methyl sites for hydroxylation is 2. The Hall–Kier alpha value is -2.63. The van der Waals surface area contributed by atoms with Gasteiger partial charge in [-0.3, -0.25) is 14.2 Å². The highest BCUT2D eigenvalue weighted by Gasteiger charge is 2.22. The molecule has 0 saturated carbocycles. The van der Waals surface area contributed by atoms with Crippen LogP contribution < -0.4 is 15.6 Å². The van der Waals surface area contributed by atoms with Gasteiger partial charge in [-0.2, -0.15) is 0 Å². The molecule has 0 bridgehead atoms. The summed E-state index contributed by atoms with van der Waals surface area (Å²) in [5.74, 6) is 0.838. The minimum absolute atomic E-state index is 0.0394. The summed E-state index contributed by atoms with van der Waals surface area (Å²) in [6, 6.07) is 7.38. The number of fused-ring (bicyclic) bond motifs is 1. The first-order valence-corrected chi connectivity index (χ1v) is 7.64. The number of ether oxygens (including phenoxy) is 1. The number of aromatic nitrogens is 2. The lowest BCUT2D eigenvalue weighted by Crippen LogP contribution is -2.43. The van der Waals surface area contributed by atoms with Crippen LogP contribution in [-0.4, -0.2) is 28.1 Å². The van der Waals surface area contributed by atoms with Crippen LogP contribution in [0.1, 0.15) is 17.5 Å². The quantitative estimate of drug-likeness (QED) is 0.916. The topological polar surface area (TPSA) is 73.2 Å². The zero-order valence-corrected chi connectivity index (χ0v) is 13.0. The molecule has 1 atom stereocenters. The van der Waals surface area contributed by atoms with Gasteiger partial charge in [-0.25, -0.2) is 4.98 Å². The van der Waals surface area contributed by atoms with E-state index in [2.05, 4.69) is 10.3 Å². The monoisotopic (exact) mass is 313 g/mol. The van der Waals surface area contributed by atoms with Crippen LogP contribution in [0.25, 0.3) is 0 Å². The van der Waals surface area contributed by atoms with Crippen LogP contribution in [0.4, 0.5) is 0 Å². The molecule has 0 fully saturated rings. The van der Waals surface area contributed by atoms with Crippen LogP contribution in [-0.2, 0) is 17.8 Å². The number of benzene rings is 1. The molecule has 1 N–H and O–H groups in total. The predicted molar refractivity (Wildman–Crippen MR) is 85.4 cm³/mol. The van der Waals surface area contributed by atoms with Crippen LogP contribution in [0.5, 0.6) is 5.75 Å². The van der Waals surface area contributed by atoms with E-state index in [-0.39, 0.29) is 23.9 Å².